The first-order valence-corrected chi connectivity index (χ1v) is 6.00. The normalized spacial score (nSPS) is 17.6. The third-order valence-electron chi connectivity index (χ3n) is 3.05. The molecule has 1 heterocycles. The van der Waals surface area contributed by atoms with Crippen LogP contribution in [0.15, 0.2) is 10.6 Å². The molecule has 2 rings (SSSR count). The second-order valence-corrected chi connectivity index (χ2v) is 4.42. The van der Waals surface area contributed by atoms with Gasteiger partial charge >= 0.3 is 0 Å². The summed E-state index contributed by atoms with van der Waals surface area (Å²) in [5.74, 6) is 1.70. The van der Waals surface area contributed by atoms with Crippen LogP contribution >= 0.6 is 0 Å². The quantitative estimate of drug-likeness (QED) is 0.766. The summed E-state index contributed by atoms with van der Waals surface area (Å²) in [6.45, 7) is 3.60. The molecular formula is C12H20N2O2. The molecule has 1 N–H and O–H groups in total. The van der Waals surface area contributed by atoms with Crippen molar-refractivity contribution < 1.29 is 9.26 Å². The molecule has 1 aromatic heterocycles. The van der Waals surface area contributed by atoms with Crippen LogP contribution in [0.1, 0.15) is 31.2 Å². The van der Waals surface area contributed by atoms with E-state index in [2.05, 4.69) is 17.4 Å². The van der Waals surface area contributed by atoms with Crippen molar-refractivity contribution in [3.8, 4) is 0 Å². The van der Waals surface area contributed by atoms with Crippen molar-refractivity contribution in [3.63, 3.8) is 0 Å². The van der Waals surface area contributed by atoms with Crippen LogP contribution in [0.2, 0.25) is 0 Å². The number of ether oxygens (including phenoxy) is 1. The Morgan fingerprint density at radius 1 is 1.62 bits per heavy atom. The lowest BCUT2D eigenvalue weighted by Crippen LogP contribution is -2.34. The smallest absolute Gasteiger partial charge is 0.150 e. The number of methoxy groups -OCH3 is 1. The summed E-state index contributed by atoms with van der Waals surface area (Å²) in [5.41, 5.74) is 1.02. The van der Waals surface area contributed by atoms with Gasteiger partial charge in [-0.2, -0.15) is 0 Å². The number of hydrogen-bond acceptors (Lipinski definition) is 4. The van der Waals surface area contributed by atoms with E-state index in [1.165, 1.54) is 12.8 Å². The van der Waals surface area contributed by atoms with Crippen LogP contribution in [0.5, 0.6) is 0 Å². The zero-order valence-electron chi connectivity index (χ0n) is 10.0. The largest absolute Gasteiger partial charge is 0.383 e. The molecule has 0 spiro atoms. The highest BCUT2D eigenvalue weighted by atomic mass is 16.5. The van der Waals surface area contributed by atoms with Crippen molar-refractivity contribution >= 4 is 0 Å². The predicted molar refractivity (Wildman–Crippen MR) is 61.1 cm³/mol. The molecule has 1 aliphatic rings. The minimum atomic E-state index is 0.458. The molecule has 1 aromatic rings. The summed E-state index contributed by atoms with van der Waals surface area (Å²) in [4.78, 5) is 0. The molecule has 0 radical (unpaired) electrons. The van der Waals surface area contributed by atoms with Crippen molar-refractivity contribution in [2.24, 2.45) is 5.92 Å². The van der Waals surface area contributed by atoms with Gasteiger partial charge in [-0.15, -0.1) is 0 Å². The van der Waals surface area contributed by atoms with Crippen molar-refractivity contribution in [2.75, 3.05) is 13.7 Å². The van der Waals surface area contributed by atoms with Crippen molar-refractivity contribution in [1.82, 2.24) is 10.5 Å². The summed E-state index contributed by atoms with van der Waals surface area (Å²) < 4.78 is 10.4. The standard InChI is InChI=1S/C12H20N2O2/c1-3-10-6-11(16-14-10)7-13-12(8-15-2)9-4-5-9/h6,9,12-13H,3-5,7-8H2,1-2H3. The fourth-order valence-corrected chi connectivity index (χ4v) is 1.88. The van der Waals surface area contributed by atoms with Gasteiger partial charge in [-0.05, 0) is 25.2 Å². The third kappa shape index (κ3) is 3.06. The van der Waals surface area contributed by atoms with E-state index in [-0.39, 0.29) is 0 Å². The summed E-state index contributed by atoms with van der Waals surface area (Å²) in [6.07, 6.45) is 3.56. The second-order valence-electron chi connectivity index (χ2n) is 4.42. The van der Waals surface area contributed by atoms with E-state index in [9.17, 15) is 0 Å². The highest BCUT2D eigenvalue weighted by molar-refractivity contribution is 5.05. The molecule has 4 heteroatoms. The van der Waals surface area contributed by atoms with Gasteiger partial charge in [0.25, 0.3) is 0 Å². The average molecular weight is 224 g/mol. The van der Waals surface area contributed by atoms with Crippen LogP contribution in [-0.4, -0.2) is 24.9 Å². The van der Waals surface area contributed by atoms with Gasteiger partial charge in [0, 0.05) is 19.2 Å². The topological polar surface area (TPSA) is 47.3 Å². The van der Waals surface area contributed by atoms with Crippen LogP contribution in [0.3, 0.4) is 0 Å². The molecule has 0 aliphatic heterocycles. The highest BCUT2D eigenvalue weighted by Crippen LogP contribution is 2.32. The van der Waals surface area contributed by atoms with E-state index >= 15 is 0 Å². The van der Waals surface area contributed by atoms with Gasteiger partial charge in [-0.25, -0.2) is 0 Å². The van der Waals surface area contributed by atoms with Crippen LogP contribution < -0.4 is 5.32 Å². The van der Waals surface area contributed by atoms with Gasteiger partial charge in [0.2, 0.25) is 0 Å². The van der Waals surface area contributed by atoms with Crippen LogP contribution in [0, 0.1) is 5.92 Å². The van der Waals surface area contributed by atoms with Gasteiger partial charge < -0.3 is 14.6 Å². The summed E-state index contributed by atoms with van der Waals surface area (Å²) in [5, 5.41) is 7.45. The number of aromatic nitrogens is 1. The molecule has 0 aromatic carbocycles. The summed E-state index contributed by atoms with van der Waals surface area (Å²) in [7, 11) is 1.75. The van der Waals surface area contributed by atoms with Crippen molar-refractivity contribution in [1.29, 1.82) is 0 Å². The maximum Gasteiger partial charge on any atom is 0.150 e. The van der Waals surface area contributed by atoms with E-state index in [4.69, 9.17) is 9.26 Å². The van der Waals surface area contributed by atoms with E-state index in [0.29, 0.717) is 6.04 Å². The Labute approximate surface area is 96.3 Å². The Morgan fingerprint density at radius 2 is 2.44 bits per heavy atom. The van der Waals surface area contributed by atoms with Gasteiger partial charge in [0.15, 0.2) is 5.76 Å². The molecule has 90 valence electrons. The maximum atomic E-state index is 5.23. The first-order valence-electron chi connectivity index (χ1n) is 6.00. The molecule has 16 heavy (non-hydrogen) atoms. The Bertz CT molecular complexity index is 321. The van der Waals surface area contributed by atoms with Crippen molar-refractivity contribution in [2.45, 2.75) is 38.8 Å². The molecule has 4 nitrogen and oxygen atoms in total. The van der Waals surface area contributed by atoms with E-state index in [1.807, 2.05) is 6.07 Å². The highest BCUT2D eigenvalue weighted by Gasteiger charge is 2.30. The van der Waals surface area contributed by atoms with E-state index < -0.39 is 0 Å². The molecule has 1 saturated carbocycles. The summed E-state index contributed by atoms with van der Waals surface area (Å²) >= 11 is 0. The lowest BCUT2D eigenvalue weighted by molar-refractivity contribution is 0.155. The molecular weight excluding hydrogens is 204 g/mol. The SMILES string of the molecule is CCc1cc(CNC(COC)C2CC2)on1. The van der Waals surface area contributed by atoms with Crippen LogP contribution in [0.4, 0.5) is 0 Å². The molecule has 0 amide bonds. The number of aryl methyl sites for hydroxylation is 1. The monoisotopic (exact) mass is 224 g/mol. The zero-order chi connectivity index (χ0) is 11.4. The minimum absolute atomic E-state index is 0.458. The first-order chi connectivity index (χ1) is 7.83. The number of nitrogens with zero attached hydrogens (tertiary/aromatic N) is 1. The van der Waals surface area contributed by atoms with Gasteiger partial charge in [0.05, 0.1) is 18.8 Å². The number of nitrogens with one attached hydrogen (secondary N) is 1. The number of rotatable bonds is 7. The second kappa shape index (κ2) is 5.46. The lowest BCUT2D eigenvalue weighted by atomic mass is 10.2. The fourth-order valence-electron chi connectivity index (χ4n) is 1.88. The molecule has 1 unspecified atom stereocenters. The van der Waals surface area contributed by atoms with Crippen LogP contribution in [0.25, 0.3) is 0 Å². The van der Waals surface area contributed by atoms with E-state index in [1.54, 1.807) is 7.11 Å². The lowest BCUT2D eigenvalue weighted by Gasteiger charge is -2.15. The maximum absolute atomic E-state index is 5.23. The Morgan fingerprint density at radius 3 is 3.00 bits per heavy atom. The predicted octanol–water partition coefficient (Wildman–Crippen LogP) is 1.75. The molecule has 0 bridgehead atoms. The number of hydrogen-bond donors (Lipinski definition) is 1. The minimum Gasteiger partial charge on any atom is -0.383 e. The average Bonchev–Trinajstić information content (AvgIpc) is 3.03. The fraction of sp³-hybridized carbons (Fsp3) is 0.750. The molecule has 1 atom stereocenters. The Kier molecular flexibility index (Phi) is 3.96. The Hall–Kier alpha value is -0.870. The van der Waals surface area contributed by atoms with Gasteiger partial charge in [0.1, 0.15) is 0 Å². The zero-order valence-corrected chi connectivity index (χ0v) is 10.0. The Balaban J connectivity index is 1.80. The van der Waals surface area contributed by atoms with Crippen molar-refractivity contribution in [3.05, 3.63) is 17.5 Å². The summed E-state index contributed by atoms with van der Waals surface area (Å²) in [6, 6.07) is 2.48. The third-order valence-corrected chi connectivity index (χ3v) is 3.05. The van der Waals surface area contributed by atoms with Gasteiger partial charge in [-0.1, -0.05) is 12.1 Å². The molecule has 1 aliphatic carbocycles. The molecule has 0 saturated heterocycles. The molecule has 1 fully saturated rings. The van der Waals surface area contributed by atoms with Crippen LogP contribution in [-0.2, 0) is 17.7 Å². The van der Waals surface area contributed by atoms with E-state index in [0.717, 1.165) is 36.9 Å². The van der Waals surface area contributed by atoms with Gasteiger partial charge in [-0.3, -0.25) is 0 Å². The first kappa shape index (κ1) is 11.6.